The van der Waals surface area contributed by atoms with Crippen LogP contribution in [0, 0.1) is 22.7 Å². The number of hydrogen-bond donors (Lipinski definition) is 0. The Bertz CT molecular complexity index is 3970. The Morgan fingerprint density at radius 3 is 1.15 bits per heavy atom. The van der Waals surface area contributed by atoms with Gasteiger partial charge in [0.2, 0.25) is 0 Å². The fourth-order valence-corrected chi connectivity index (χ4v) is 9.40. The first-order valence-electron chi connectivity index (χ1n) is 21.6. The zero-order chi connectivity index (χ0) is 53.0. The fraction of sp³-hybridized carbons (Fsp3) is 0.0909. The molecular formula is C55H25F15N4. The van der Waals surface area contributed by atoms with Crippen molar-refractivity contribution in [2.24, 2.45) is 0 Å². The minimum absolute atomic E-state index is 0.00993. The van der Waals surface area contributed by atoms with Crippen molar-refractivity contribution in [3.05, 3.63) is 191 Å². The van der Waals surface area contributed by atoms with E-state index in [1.165, 1.54) is 57.7 Å². The van der Waals surface area contributed by atoms with E-state index >= 15 is 13.2 Å². The van der Waals surface area contributed by atoms with E-state index in [4.69, 9.17) is 0 Å². The highest BCUT2D eigenvalue weighted by atomic mass is 19.4. The standard InChI is InChI=1S/C55H25F15N4/c56-51(57,58)34-16-31(17-35(23-34)52(59,60)61)29-10-13-47-41(20-29)39-5-1-3-7-45(39)73(47)49-25-43(38-12-9-28(26-71)15-44(38)55(68,69)70)50(22-33(49)27-72)74-46-8-4-2-6-40(46)42-21-30(11-14-48(42)74)32-18-36(53(62,63)64)24-37(19-32)54(65,66)67/h1-25H. The molecule has 0 aliphatic carbocycles. The summed E-state index contributed by atoms with van der Waals surface area (Å²) in [5.74, 6) is 0. The summed E-state index contributed by atoms with van der Waals surface area (Å²) in [5, 5.41) is 21.9. The summed E-state index contributed by atoms with van der Waals surface area (Å²) in [6.45, 7) is 0. The van der Waals surface area contributed by atoms with Crippen LogP contribution in [0.2, 0.25) is 0 Å². The fourth-order valence-electron chi connectivity index (χ4n) is 9.40. The molecule has 2 heterocycles. The maximum atomic E-state index is 15.3. The lowest BCUT2D eigenvalue weighted by Gasteiger charge is -2.21. The number of hydrogen-bond acceptors (Lipinski definition) is 2. The molecule has 0 spiro atoms. The summed E-state index contributed by atoms with van der Waals surface area (Å²) in [7, 11) is 0. The van der Waals surface area contributed by atoms with Crippen LogP contribution in [0.4, 0.5) is 65.9 Å². The van der Waals surface area contributed by atoms with Gasteiger partial charge in [-0.25, -0.2) is 0 Å². The molecule has 8 aromatic carbocycles. The van der Waals surface area contributed by atoms with Gasteiger partial charge < -0.3 is 9.13 Å². The van der Waals surface area contributed by atoms with Gasteiger partial charge >= 0.3 is 30.9 Å². The van der Waals surface area contributed by atoms with Crippen LogP contribution in [-0.4, -0.2) is 9.13 Å². The lowest BCUT2D eigenvalue weighted by molar-refractivity contribution is -0.144. The molecular weight excluding hydrogens is 1000 g/mol. The van der Waals surface area contributed by atoms with Crippen LogP contribution in [0.25, 0.3) is 88.4 Å². The summed E-state index contributed by atoms with van der Waals surface area (Å²) in [6, 6.07) is 31.9. The van der Waals surface area contributed by atoms with E-state index in [9.17, 15) is 63.2 Å². The first kappa shape index (κ1) is 48.9. The summed E-state index contributed by atoms with van der Waals surface area (Å²) in [6.07, 6.45) is -25.8. The van der Waals surface area contributed by atoms with Gasteiger partial charge in [0.1, 0.15) is 6.07 Å². The second-order valence-corrected chi connectivity index (χ2v) is 17.1. The first-order valence-corrected chi connectivity index (χ1v) is 21.6. The molecule has 0 unspecified atom stereocenters. The van der Waals surface area contributed by atoms with Crippen molar-refractivity contribution in [2.75, 3.05) is 0 Å². The van der Waals surface area contributed by atoms with E-state index in [-0.39, 0.29) is 78.6 Å². The Hall–Kier alpha value is -8.71. The second kappa shape index (κ2) is 16.9. The number of fused-ring (bicyclic) bond motifs is 6. The highest BCUT2D eigenvalue weighted by molar-refractivity contribution is 6.12. The molecule has 4 nitrogen and oxygen atoms in total. The van der Waals surface area contributed by atoms with Gasteiger partial charge in [-0.2, -0.15) is 76.4 Å². The van der Waals surface area contributed by atoms with E-state index in [1.807, 2.05) is 0 Å². The van der Waals surface area contributed by atoms with Gasteiger partial charge in [-0.1, -0.05) is 54.6 Å². The van der Waals surface area contributed by atoms with E-state index < -0.39 is 75.4 Å². The summed E-state index contributed by atoms with van der Waals surface area (Å²) in [4.78, 5) is 0. The highest BCUT2D eigenvalue weighted by Gasteiger charge is 2.39. The maximum Gasteiger partial charge on any atom is 0.417 e. The molecule has 0 N–H and O–H groups in total. The predicted octanol–water partition coefficient (Wildman–Crippen LogP) is 17.7. The van der Waals surface area contributed by atoms with Gasteiger partial charge in [-0.15, -0.1) is 0 Å². The average molecular weight is 1030 g/mol. The Morgan fingerprint density at radius 2 is 0.743 bits per heavy atom. The van der Waals surface area contributed by atoms with Crippen molar-refractivity contribution in [1.82, 2.24) is 9.13 Å². The number of rotatable bonds is 5. The second-order valence-electron chi connectivity index (χ2n) is 17.1. The molecule has 0 aliphatic rings. The quantitative estimate of drug-likeness (QED) is 0.161. The molecule has 19 heteroatoms. The zero-order valence-corrected chi connectivity index (χ0v) is 36.9. The zero-order valence-electron chi connectivity index (χ0n) is 36.9. The maximum absolute atomic E-state index is 15.3. The molecule has 370 valence electrons. The Labute approximate surface area is 406 Å². The smallest absolute Gasteiger partial charge is 0.309 e. The van der Waals surface area contributed by atoms with Crippen molar-refractivity contribution in [3.8, 4) is 56.9 Å². The molecule has 2 aromatic heterocycles. The molecule has 74 heavy (non-hydrogen) atoms. The van der Waals surface area contributed by atoms with Crippen molar-refractivity contribution in [2.45, 2.75) is 30.9 Å². The van der Waals surface area contributed by atoms with Crippen LogP contribution in [0.15, 0.2) is 152 Å². The van der Waals surface area contributed by atoms with Crippen LogP contribution in [-0.2, 0) is 30.9 Å². The number of nitriles is 2. The molecule has 0 aliphatic heterocycles. The van der Waals surface area contributed by atoms with Gasteiger partial charge in [-0.05, 0) is 125 Å². The molecule has 10 rings (SSSR count). The van der Waals surface area contributed by atoms with Gasteiger partial charge in [0.25, 0.3) is 0 Å². The summed E-state index contributed by atoms with van der Waals surface area (Å²) < 4.78 is 217. The largest absolute Gasteiger partial charge is 0.417 e. The minimum atomic E-state index is -5.17. The third-order valence-electron chi connectivity index (χ3n) is 12.6. The van der Waals surface area contributed by atoms with Crippen molar-refractivity contribution < 1.29 is 65.9 Å². The lowest BCUT2D eigenvalue weighted by Crippen LogP contribution is -2.11. The predicted molar refractivity (Wildman–Crippen MR) is 246 cm³/mol. The monoisotopic (exact) mass is 1030 g/mol. The normalized spacial score (nSPS) is 12.8. The highest BCUT2D eigenvalue weighted by Crippen LogP contribution is 2.47. The number of alkyl halides is 15. The molecule has 0 saturated heterocycles. The summed E-state index contributed by atoms with van der Waals surface area (Å²) >= 11 is 0. The average Bonchev–Trinajstić information content (AvgIpc) is 3.86. The SMILES string of the molecule is N#Cc1ccc(-c2cc(-n3c4ccccc4c4cc(-c5cc(C(F)(F)F)cc(C(F)(F)F)c5)ccc43)c(C#N)cc2-n2c3ccccc3c3cc(-c4cc(C(F)(F)F)cc(C(F)(F)F)c4)ccc32)c(C(F)(F)F)c1. The number of benzene rings is 8. The van der Waals surface area contributed by atoms with Gasteiger partial charge in [0, 0.05) is 27.1 Å². The molecule has 0 saturated carbocycles. The van der Waals surface area contributed by atoms with Gasteiger partial charge in [0.05, 0.1) is 78.5 Å². The van der Waals surface area contributed by atoms with Gasteiger partial charge in [-0.3, -0.25) is 0 Å². The van der Waals surface area contributed by atoms with Crippen LogP contribution in [0.1, 0.15) is 38.9 Å². The first-order chi connectivity index (χ1) is 34.7. The van der Waals surface area contributed by atoms with Crippen LogP contribution < -0.4 is 0 Å². The van der Waals surface area contributed by atoms with Crippen molar-refractivity contribution in [3.63, 3.8) is 0 Å². The summed E-state index contributed by atoms with van der Waals surface area (Å²) in [5.41, 5.74) is -8.98. The number of para-hydroxylation sites is 2. The number of halogens is 15. The van der Waals surface area contributed by atoms with Gasteiger partial charge in [0.15, 0.2) is 0 Å². The van der Waals surface area contributed by atoms with Crippen LogP contribution in [0.5, 0.6) is 0 Å². The molecule has 0 radical (unpaired) electrons. The molecule has 10 aromatic rings. The third-order valence-corrected chi connectivity index (χ3v) is 12.6. The van der Waals surface area contributed by atoms with Crippen LogP contribution in [0.3, 0.4) is 0 Å². The Balaban J connectivity index is 1.26. The number of aromatic nitrogens is 2. The van der Waals surface area contributed by atoms with Crippen molar-refractivity contribution >= 4 is 43.6 Å². The van der Waals surface area contributed by atoms with E-state index in [2.05, 4.69) is 6.07 Å². The van der Waals surface area contributed by atoms with Crippen LogP contribution >= 0.6 is 0 Å². The third kappa shape index (κ3) is 8.47. The molecule has 0 amide bonds. The molecule has 0 fully saturated rings. The Kier molecular flexibility index (Phi) is 11.2. The van der Waals surface area contributed by atoms with E-state index in [1.54, 1.807) is 54.6 Å². The lowest BCUT2D eigenvalue weighted by atomic mass is 9.93. The molecule has 0 atom stereocenters. The molecule has 0 bridgehead atoms. The van der Waals surface area contributed by atoms with Crippen molar-refractivity contribution in [1.29, 1.82) is 10.5 Å². The Morgan fingerprint density at radius 1 is 0.324 bits per heavy atom. The minimum Gasteiger partial charge on any atom is -0.309 e. The van der Waals surface area contributed by atoms with E-state index in [0.717, 1.165) is 12.1 Å². The number of nitrogens with zero attached hydrogens (tertiary/aromatic N) is 4. The van der Waals surface area contributed by atoms with E-state index in [0.29, 0.717) is 46.6 Å². The topological polar surface area (TPSA) is 57.4 Å².